The van der Waals surface area contributed by atoms with E-state index in [1.807, 2.05) is 12.1 Å². The van der Waals surface area contributed by atoms with Crippen LogP contribution in [0.5, 0.6) is 11.5 Å². The minimum atomic E-state index is -4.62. The number of methoxy groups -OCH3 is 2. The Kier molecular flexibility index (Phi) is 6.01. The second-order valence-corrected chi connectivity index (χ2v) is 7.66. The lowest BCUT2D eigenvalue weighted by molar-refractivity contribution is -0.137. The molecule has 0 spiro atoms. The summed E-state index contributed by atoms with van der Waals surface area (Å²) in [6, 6.07) is 12.9. The Bertz CT molecular complexity index is 1360. The average Bonchev–Trinajstić information content (AvgIpc) is 2.80. The smallest absolute Gasteiger partial charge is 0.416 e. The number of benzene rings is 3. The van der Waals surface area contributed by atoms with Crippen LogP contribution in [0.1, 0.15) is 11.1 Å². The molecular weight excluding hydrogens is 469 g/mol. The van der Waals surface area contributed by atoms with Gasteiger partial charge in [0.1, 0.15) is 17.1 Å². The van der Waals surface area contributed by atoms with E-state index in [-0.39, 0.29) is 16.4 Å². The Balaban J connectivity index is 1.86. The van der Waals surface area contributed by atoms with E-state index in [9.17, 15) is 22.8 Å². The van der Waals surface area contributed by atoms with Gasteiger partial charge in [0.25, 0.3) is 11.8 Å². The van der Waals surface area contributed by atoms with Gasteiger partial charge < -0.3 is 9.47 Å². The van der Waals surface area contributed by atoms with Crippen LogP contribution < -0.4 is 19.7 Å². The molecule has 2 amide bonds. The summed E-state index contributed by atoms with van der Waals surface area (Å²) in [4.78, 5) is 26.9. The number of alkyl halides is 3. The van der Waals surface area contributed by atoms with E-state index in [1.54, 1.807) is 18.2 Å². The first-order valence-electron chi connectivity index (χ1n) is 9.87. The summed E-state index contributed by atoms with van der Waals surface area (Å²) in [5.74, 6) is -0.713. The highest BCUT2D eigenvalue weighted by molar-refractivity contribution is 7.80. The van der Waals surface area contributed by atoms with Gasteiger partial charge in [0.2, 0.25) is 0 Å². The Hall–Kier alpha value is -3.92. The van der Waals surface area contributed by atoms with Crippen LogP contribution >= 0.6 is 12.2 Å². The molecule has 4 rings (SSSR count). The number of hydrogen-bond acceptors (Lipinski definition) is 5. The number of rotatable bonds is 4. The number of carbonyl (C=O) groups is 2. The number of nitrogens with zero attached hydrogens (tertiary/aromatic N) is 1. The zero-order valence-corrected chi connectivity index (χ0v) is 18.7. The van der Waals surface area contributed by atoms with Gasteiger partial charge in [-0.25, -0.2) is 0 Å². The molecule has 1 fully saturated rings. The quantitative estimate of drug-likeness (QED) is 0.329. The first-order valence-corrected chi connectivity index (χ1v) is 10.3. The standard InChI is InChI=1S/C24H17F3N2O4S/c1-32-16-8-6-13-7-9-20(33-2)18(17(13)11-16)12-19-21(30)28-23(34)29(22(19)31)15-5-3-4-14(10-15)24(25,26)27/h3-12H,1-2H3,(H,28,30,34)/b19-12+. The lowest BCUT2D eigenvalue weighted by Gasteiger charge is -2.29. The summed E-state index contributed by atoms with van der Waals surface area (Å²) in [5, 5.41) is 3.49. The Labute approximate surface area is 197 Å². The molecule has 0 bridgehead atoms. The van der Waals surface area contributed by atoms with Crippen LogP contribution in [-0.2, 0) is 15.8 Å². The number of amides is 2. The van der Waals surface area contributed by atoms with Crippen LogP contribution in [0.3, 0.4) is 0 Å². The number of halogens is 3. The summed E-state index contributed by atoms with van der Waals surface area (Å²) < 4.78 is 50.3. The summed E-state index contributed by atoms with van der Waals surface area (Å²) in [7, 11) is 2.95. The van der Waals surface area contributed by atoms with Gasteiger partial charge in [0.05, 0.1) is 25.5 Å². The molecule has 0 radical (unpaired) electrons. The highest BCUT2D eigenvalue weighted by atomic mass is 32.1. The van der Waals surface area contributed by atoms with E-state index in [4.69, 9.17) is 21.7 Å². The molecule has 0 aromatic heterocycles. The van der Waals surface area contributed by atoms with E-state index in [0.29, 0.717) is 22.4 Å². The number of anilines is 1. The second-order valence-electron chi connectivity index (χ2n) is 7.27. The first kappa shape index (κ1) is 23.2. The van der Waals surface area contributed by atoms with Crippen molar-refractivity contribution in [2.24, 2.45) is 0 Å². The summed E-state index contributed by atoms with van der Waals surface area (Å²) in [6.45, 7) is 0. The Morgan fingerprint density at radius 1 is 1.00 bits per heavy atom. The van der Waals surface area contributed by atoms with Gasteiger partial charge in [-0.3, -0.25) is 19.8 Å². The molecule has 1 saturated heterocycles. The van der Waals surface area contributed by atoms with Crippen molar-refractivity contribution in [2.45, 2.75) is 6.18 Å². The topological polar surface area (TPSA) is 67.9 Å². The molecule has 3 aromatic carbocycles. The van der Waals surface area contributed by atoms with Gasteiger partial charge >= 0.3 is 6.18 Å². The van der Waals surface area contributed by atoms with Gasteiger partial charge in [0.15, 0.2) is 5.11 Å². The van der Waals surface area contributed by atoms with Crippen molar-refractivity contribution in [2.75, 3.05) is 19.1 Å². The molecule has 0 atom stereocenters. The van der Waals surface area contributed by atoms with Gasteiger partial charge in [-0.2, -0.15) is 13.2 Å². The number of thiocarbonyl (C=S) groups is 1. The van der Waals surface area contributed by atoms with E-state index in [2.05, 4.69) is 5.32 Å². The van der Waals surface area contributed by atoms with E-state index < -0.39 is 23.6 Å². The van der Waals surface area contributed by atoms with Crippen molar-refractivity contribution in [1.82, 2.24) is 5.32 Å². The SMILES string of the molecule is COc1ccc2ccc(OC)c(/C=C3\C(=O)NC(=S)N(c4cccc(C(F)(F)F)c4)C3=O)c2c1. The Morgan fingerprint density at radius 2 is 1.74 bits per heavy atom. The summed E-state index contributed by atoms with van der Waals surface area (Å²) >= 11 is 5.10. The molecule has 34 heavy (non-hydrogen) atoms. The third-order valence-corrected chi connectivity index (χ3v) is 5.56. The third kappa shape index (κ3) is 4.19. The van der Waals surface area contributed by atoms with Crippen LogP contribution in [0, 0.1) is 0 Å². The molecule has 1 heterocycles. The van der Waals surface area contributed by atoms with Crippen molar-refractivity contribution in [3.05, 3.63) is 71.3 Å². The van der Waals surface area contributed by atoms with Gasteiger partial charge in [-0.15, -0.1) is 0 Å². The minimum absolute atomic E-state index is 0.123. The summed E-state index contributed by atoms with van der Waals surface area (Å²) in [5.41, 5.74) is -0.970. The van der Waals surface area contributed by atoms with Crippen LogP contribution in [-0.4, -0.2) is 31.1 Å². The van der Waals surface area contributed by atoms with Crippen molar-refractivity contribution < 1.29 is 32.2 Å². The zero-order chi connectivity index (χ0) is 24.6. The zero-order valence-electron chi connectivity index (χ0n) is 17.9. The molecule has 10 heteroatoms. The fraction of sp³-hybridized carbons (Fsp3) is 0.125. The normalized spacial score (nSPS) is 15.6. The molecule has 1 aliphatic rings. The average molecular weight is 486 g/mol. The van der Waals surface area contributed by atoms with Gasteiger partial charge in [-0.1, -0.05) is 18.2 Å². The number of carbonyl (C=O) groups excluding carboxylic acids is 2. The fourth-order valence-electron chi connectivity index (χ4n) is 3.61. The highest BCUT2D eigenvalue weighted by Crippen LogP contribution is 2.35. The molecule has 6 nitrogen and oxygen atoms in total. The van der Waals surface area contributed by atoms with Crippen LogP contribution in [0.2, 0.25) is 0 Å². The van der Waals surface area contributed by atoms with Crippen molar-refractivity contribution in [3.63, 3.8) is 0 Å². The molecule has 1 N–H and O–H groups in total. The van der Waals surface area contributed by atoms with Gasteiger partial charge in [-0.05, 0) is 65.5 Å². The third-order valence-electron chi connectivity index (χ3n) is 5.27. The van der Waals surface area contributed by atoms with Crippen LogP contribution in [0.25, 0.3) is 16.8 Å². The largest absolute Gasteiger partial charge is 0.497 e. The predicted octanol–water partition coefficient (Wildman–Crippen LogP) is 4.71. The number of hydrogen-bond donors (Lipinski definition) is 1. The molecule has 1 aliphatic heterocycles. The lowest BCUT2D eigenvalue weighted by atomic mass is 9.99. The van der Waals surface area contributed by atoms with E-state index in [0.717, 1.165) is 28.5 Å². The Morgan fingerprint density at radius 3 is 2.41 bits per heavy atom. The predicted molar refractivity (Wildman–Crippen MR) is 125 cm³/mol. The molecular formula is C24H17F3N2O4S. The number of nitrogens with one attached hydrogen (secondary N) is 1. The molecule has 3 aromatic rings. The van der Waals surface area contributed by atoms with Crippen molar-refractivity contribution in [1.29, 1.82) is 0 Å². The van der Waals surface area contributed by atoms with E-state index >= 15 is 0 Å². The van der Waals surface area contributed by atoms with Crippen molar-refractivity contribution >= 4 is 51.7 Å². The molecule has 0 unspecified atom stereocenters. The molecule has 174 valence electrons. The van der Waals surface area contributed by atoms with Crippen molar-refractivity contribution in [3.8, 4) is 11.5 Å². The number of fused-ring (bicyclic) bond motifs is 1. The maximum Gasteiger partial charge on any atom is 0.416 e. The molecule has 0 aliphatic carbocycles. The fourth-order valence-corrected chi connectivity index (χ4v) is 3.89. The molecule has 0 saturated carbocycles. The van der Waals surface area contributed by atoms with Crippen LogP contribution in [0.15, 0.2) is 60.2 Å². The summed E-state index contributed by atoms with van der Waals surface area (Å²) in [6.07, 6.45) is -3.28. The number of ether oxygens (including phenoxy) is 2. The lowest BCUT2D eigenvalue weighted by Crippen LogP contribution is -2.54. The second kappa shape index (κ2) is 8.79. The minimum Gasteiger partial charge on any atom is -0.497 e. The van der Waals surface area contributed by atoms with Crippen LogP contribution in [0.4, 0.5) is 18.9 Å². The monoisotopic (exact) mass is 486 g/mol. The highest BCUT2D eigenvalue weighted by Gasteiger charge is 2.37. The van der Waals surface area contributed by atoms with E-state index in [1.165, 1.54) is 26.4 Å². The van der Waals surface area contributed by atoms with Gasteiger partial charge in [0, 0.05) is 5.56 Å². The first-order chi connectivity index (χ1) is 16.1. The maximum atomic E-state index is 13.3. The maximum absolute atomic E-state index is 13.3.